The van der Waals surface area contributed by atoms with E-state index in [0.29, 0.717) is 6.61 Å². The van der Waals surface area contributed by atoms with Crippen LogP contribution in [0.25, 0.3) is 0 Å². The fourth-order valence-electron chi connectivity index (χ4n) is 1.72. The largest absolute Gasteiger partial charge is 0.494 e. The van der Waals surface area contributed by atoms with Crippen LogP contribution in [0, 0.1) is 5.82 Å². The van der Waals surface area contributed by atoms with Gasteiger partial charge in [-0.3, -0.25) is 0 Å². The molecule has 17 heavy (non-hydrogen) atoms. The molecule has 0 heterocycles. The smallest absolute Gasteiger partial charge is 0.170 e. The zero-order chi connectivity index (χ0) is 13.1. The van der Waals surface area contributed by atoms with E-state index >= 15 is 0 Å². The van der Waals surface area contributed by atoms with Gasteiger partial charge in [-0.05, 0) is 26.8 Å². The quantitative estimate of drug-likeness (QED) is 0.862. The maximum Gasteiger partial charge on any atom is 0.170 e. The van der Waals surface area contributed by atoms with Crippen LogP contribution in [-0.4, -0.2) is 24.4 Å². The Balaban J connectivity index is 3.08. The molecule has 1 aromatic rings. The molecule has 0 aromatic heterocycles. The monoisotopic (exact) mass is 242 g/mol. The Kier molecular flexibility index (Phi) is 4.48. The average molecular weight is 242 g/mol. The lowest BCUT2D eigenvalue weighted by atomic mass is 9.94. The number of hydrogen-bond donors (Lipinski definition) is 1. The van der Waals surface area contributed by atoms with Crippen molar-refractivity contribution in [2.75, 3.05) is 13.7 Å². The third-order valence-corrected chi connectivity index (χ3v) is 2.68. The minimum Gasteiger partial charge on any atom is -0.494 e. The van der Waals surface area contributed by atoms with Gasteiger partial charge in [0.2, 0.25) is 0 Å². The third-order valence-electron chi connectivity index (χ3n) is 2.68. The van der Waals surface area contributed by atoms with Gasteiger partial charge in [-0.25, -0.2) is 4.39 Å². The number of hydrogen-bond acceptors (Lipinski definition) is 3. The maximum absolute atomic E-state index is 14.0. The van der Waals surface area contributed by atoms with Crippen LogP contribution in [-0.2, 0) is 4.74 Å². The van der Waals surface area contributed by atoms with Gasteiger partial charge >= 0.3 is 0 Å². The Bertz CT molecular complexity index is 377. The molecule has 0 fully saturated rings. The molecule has 0 saturated carbocycles. The van der Waals surface area contributed by atoms with Crippen LogP contribution in [0.1, 0.15) is 32.4 Å². The molecule has 4 heteroatoms. The second-order valence-corrected chi connectivity index (χ2v) is 4.30. The summed E-state index contributed by atoms with van der Waals surface area (Å²) < 4.78 is 24.3. The Morgan fingerprint density at radius 2 is 2.06 bits per heavy atom. The maximum atomic E-state index is 14.0. The van der Waals surface area contributed by atoms with Crippen molar-refractivity contribution in [1.82, 2.24) is 0 Å². The molecule has 0 amide bonds. The van der Waals surface area contributed by atoms with E-state index in [2.05, 4.69) is 0 Å². The van der Waals surface area contributed by atoms with Gasteiger partial charge in [0.25, 0.3) is 0 Å². The van der Waals surface area contributed by atoms with Gasteiger partial charge in [0.05, 0.1) is 12.7 Å². The number of aliphatic hydroxyl groups excluding tert-OH is 1. The summed E-state index contributed by atoms with van der Waals surface area (Å²) in [6, 6.07) is 4.69. The molecule has 1 rings (SSSR count). The van der Waals surface area contributed by atoms with Gasteiger partial charge in [-0.15, -0.1) is 0 Å². The van der Waals surface area contributed by atoms with Crippen molar-refractivity contribution in [3.8, 4) is 5.75 Å². The van der Waals surface area contributed by atoms with Gasteiger partial charge in [0.1, 0.15) is 6.10 Å². The van der Waals surface area contributed by atoms with E-state index in [1.807, 2.05) is 6.92 Å². The first kappa shape index (κ1) is 13.9. The van der Waals surface area contributed by atoms with Crippen molar-refractivity contribution in [3.05, 3.63) is 29.6 Å². The summed E-state index contributed by atoms with van der Waals surface area (Å²) in [6.07, 6.45) is -1.04. The molecule has 1 atom stereocenters. The highest BCUT2D eigenvalue weighted by molar-refractivity contribution is 5.33. The van der Waals surface area contributed by atoms with Crippen LogP contribution < -0.4 is 4.74 Å². The minimum absolute atomic E-state index is 0.119. The van der Waals surface area contributed by atoms with Crippen molar-refractivity contribution in [1.29, 1.82) is 0 Å². The summed E-state index contributed by atoms with van der Waals surface area (Å²) >= 11 is 0. The van der Waals surface area contributed by atoms with E-state index in [0.717, 1.165) is 0 Å². The number of methoxy groups -OCH3 is 1. The average Bonchev–Trinajstić information content (AvgIpc) is 2.28. The predicted molar refractivity (Wildman–Crippen MR) is 63.6 cm³/mol. The molecule has 0 aliphatic heterocycles. The van der Waals surface area contributed by atoms with Crippen molar-refractivity contribution in [3.63, 3.8) is 0 Å². The Hall–Kier alpha value is -1.13. The molecular formula is C13H19FO3. The second-order valence-electron chi connectivity index (χ2n) is 4.30. The first-order valence-electron chi connectivity index (χ1n) is 5.58. The van der Waals surface area contributed by atoms with Crippen molar-refractivity contribution >= 4 is 0 Å². The predicted octanol–water partition coefficient (Wildman–Crippen LogP) is 2.68. The van der Waals surface area contributed by atoms with Crippen molar-refractivity contribution in [2.24, 2.45) is 0 Å². The van der Waals surface area contributed by atoms with E-state index in [9.17, 15) is 9.50 Å². The van der Waals surface area contributed by atoms with E-state index in [4.69, 9.17) is 9.47 Å². The second kappa shape index (κ2) is 5.47. The SMILES string of the molecule is CCOC(C)(C)C(O)c1cccc(OC)c1F. The highest BCUT2D eigenvalue weighted by atomic mass is 19.1. The lowest BCUT2D eigenvalue weighted by molar-refractivity contribution is -0.0995. The Labute approximate surface area is 101 Å². The van der Waals surface area contributed by atoms with E-state index < -0.39 is 17.5 Å². The summed E-state index contributed by atoms with van der Waals surface area (Å²) in [4.78, 5) is 0. The summed E-state index contributed by atoms with van der Waals surface area (Å²) in [5.74, 6) is -0.427. The molecule has 3 nitrogen and oxygen atoms in total. The molecule has 0 radical (unpaired) electrons. The topological polar surface area (TPSA) is 38.7 Å². The highest BCUT2D eigenvalue weighted by Crippen LogP contribution is 2.33. The van der Waals surface area contributed by atoms with Crippen LogP contribution in [0.5, 0.6) is 5.75 Å². The third kappa shape index (κ3) is 2.96. The first-order chi connectivity index (χ1) is 7.94. The Morgan fingerprint density at radius 3 is 2.59 bits per heavy atom. The summed E-state index contributed by atoms with van der Waals surface area (Å²) in [6.45, 7) is 5.73. The fraction of sp³-hybridized carbons (Fsp3) is 0.538. The summed E-state index contributed by atoms with van der Waals surface area (Å²) in [5.41, 5.74) is -0.662. The van der Waals surface area contributed by atoms with Crippen molar-refractivity contribution < 1.29 is 19.0 Å². The molecule has 0 bridgehead atoms. The summed E-state index contributed by atoms with van der Waals surface area (Å²) in [5, 5.41) is 10.2. The first-order valence-corrected chi connectivity index (χ1v) is 5.58. The van der Waals surface area contributed by atoms with Gasteiger partial charge in [-0.1, -0.05) is 12.1 Å². The summed E-state index contributed by atoms with van der Waals surface area (Å²) in [7, 11) is 1.39. The lowest BCUT2D eigenvalue weighted by Gasteiger charge is -2.31. The van der Waals surface area contributed by atoms with Gasteiger partial charge in [0.15, 0.2) is 11.6 Å². The number of ether oxygens (including phenoxy) is 2. The molecule has 1 aromatic carbocycles. The number of aliphatic hydroxyl groups is 1. The van der Waals surface area contributed by atoms with Crippen LogP contribution >= 0.6 is 0 Å². The molecule has 0 spiro atoms. The normalized spacial score (nSPS) is 13.5. The Morgan fingerprint density at radius 1 is 1.41 bits per heavy atom. The van der Waals surface area contributed by atoms with Crippen LogP contribution in [0.15, 0.2) is 18.2 Å². The van der Waals surface area contributed by atoms with E-state index in [1.165, 1.54) is 19.2 Å². The van der Waals surface area contributed by atoms with Crippen LogP contribution in [0.2, 0.25) is 0 Å². The fourth-order valence-corrected chi connectivity index (χ4v) is 1.72. The lowest BCUT2D eigenvalue weighted by Crippen LogP contribution is -2.33. The zero-order valence-electron chi connectivity index (χ0n) is 10.7. The van der Waals surface area contributed by atoms with Gasteiger partial charge < -0.3 is 14.6 Å². The standard InChI is InChI=1S/C13H19FO3/c1-5-17-13(2,3)12(15)9-7-6-8-10(16-4)11(9)14/h6-8,12,15H,5H2,1-4H3. The van der Waals surface area contributed by atoms with E-state index in [1.54, 1.807) is 19.9 Å². The van der Waals surface area contributed by atoms with Gasteiger partial charge in [-0.2, -0.15) is 0 Å². The number of rotatable bonds is 5. The molecule has 1 unspecified atom stereocenters. The molecule has 0 aliphatic carbocycles. The zero-order valence-corrected chi connectivity index (χ0v) is 10.7. The number of halogens is 1. The van der Waals surface area contributed by atoms with Crippen LogP contribution in [0.3, 0.4) is 0 Å². The van der Waals surface area contributed by atoms with Crippen LogP contribution in [0.4, 0.5) is 4.39 Å². The highest BCUT2D eigenvalue weighted by Gasteiger charge is 2.32. The van der Waals surface area contributed by atoms with Gasteiger partial charge in [0, 0.05) is 12.2 Å². The van der Waals surface area contributed by atoms with E-state index in [-0.39, 0.29) is 11.3 Å². The number of benzene rings is 1. The van der Waals surface area contributed by atoms with Crippen molar-refractivity contribution in [2.45, 2.75) is 32.5 Å². The molecular weight excluding hydrogens is 223 g/mol. The molecule has 0 aliphatic rings. The minimum atomic E-state index is -1.04. The molecule has 0 saturated heterocycles. The molecule has 96 valence electrons. The molecule has 1 N–H and O–H groups in total.